The molecule has 5 rings (SSSR count). The highest BCUT2D eigenvalue weighted by Crippen LogP contribution is 2.48. The van der Waals surface area contributed by atoms with E-state index in [-0.39, 0.29) is 41.7 Å². The van der Waals surface area contributed by atoms with E-state index < -0.39 is 11.4 Å². The molecule has 1 spiro atoms. The molecule has 2 aromatic rings. The summed E-state index contributed by atoms with van der Waals surface area (Å²) in [5.41, 5.74) is 0.208. The average molecular weight is 422 g/mol. The van der Waals surface area contributed by atoms with Gasteiger partial charge in [-0.1, -0.05) is 36.8 Å². The summed E-state index contributed by atoms with van der Waals surface area (Å²) in [6.07, 6.45) is 5.63. The van der Waals surface area contributed by atoms with Crippen molar-refractivity contribution < 1.29 is 19.1 Å². The molecule has 2 atom stereocenters. The van der Waals surface area contributed by atoms with Crippen LogP contribution in [0.3, 0.4) is 0 Å². The van der Waals surface area contributed by atoms with Crippen molar-refractivity contribution in [2.45, 2.75) is 51.3 Å². The summed E-state index contributed by atoms with van der Waals surface area (Å²) in [4.78, 5) is 41.3. The summed E-state index contributed by atoms with van der Waals surface area (Å²) in [6.45, 7) is 3.29. The summed E-state index contributed by atoms with van der Waals surface area (Å²) in [7, 11) is 0. The highest BCUT2D eigenvalue weighted by molar-refractivity contribution is 5.98. The zero-order chi connectivity index (χ0) is 21.6. The van der Waals surface area contributed by atoms with E-state index in [4.69, 9.17) is 9.47 Å². The number of carbonyl (C=O) groups is 2. The largest absolute Gasteiger partial charge is 0.483 e. The fourth-order valence-corrected chi connectivity index (χ4v) is 5.49. The van der Waals surface area contributed by atoms with Gasteiger partial charge in [0.25, 0.3) is 5.91 Å². The number of hydrogen-bond acceptors (Lipinski definition) is 5. The molecule has 3 aliphatic rings. The molecule has 2 fully saturated rings. The van der Waals surface area contributed by atoms with E-state index in [1.54, 1.807) is 11.5 Å². The minimum absolute atomic E-state index is 0.0595. The molecule has 0 radical (unpaired) electrons. The maximum absolute atomic E-state index is 13.6. The third kappa shape index (κ3) is 3.23. The Hall–Kier alpha value is -3.09. The fourth-order valence-electron chi connectivity index (χ4n) is 5.49. The van der Waals surface area contributed by atoms with Crippen molar-refractivity contribution in [3.63, 3.8) is 0 Å². The molecule has 2 aliphatic heterocycles. The van der Waals surface area contributed by atoms with Crippen LogP contribution in [0.5, 0.6) is 5.75 Å². The highest BCUT2D eigenvalue weighted by Gasteiger charge is 2.54. The zero-order valence-electron chi connectivity index (χ0n) is 17.6. The number of ether oxygens (including phenoxy) is 2. The monoisotopic (exact) mass is 422 g/mol. The lowest BCUT2D eigenvalue weighted by Gasteiger charge is -2.44. The first-order valence-corrected chi connectivity index (χ1v) is 11.0. The van der Waals surface area contributed by atoms with Crippen LogP contribution in [0.15, 0.2) is 41.3 Å². The average Bonchev–Trinajstić information content (AvgIpc) is 3.03. The molecule has 2 bridgehead atoms. The van der Waals surface area contributed by atoms with E-state index in [0.29, 0.717) is 12.5 Å². The highest BCUT2D eigenvalue weighted by atomic mass is 16.5. The van der Waals surface area contributed by atoms with E-state index >= 15 is 0 Å². The molecule has 1 aromatic carbocycles. The summed E-state index contributed by atoms with van der Waals surface area (Å²) in [6, 6.07) is 9.44. The predicted molar refractivity (Wildman–Crippen MR) is 113 cm³/mol. The normalized spacial score (nSPS) is 23.8. The molecule has 0 N–H and O–H groups in total. The van der Waals surface area contributed by atoms with Crippen molar-refractivity contribution in [2.24, 2.45) is 5.92 Å². The van der Waals surface area contributed by atoms with E-state index in [2.05, 4.69) is 0 Å². The van der Waals surface area contributed by atoms with Crippen molar-refractivity contribution in [3.05, 3.63) is 63.6 Å². The number of pyridine rings is 1. The third-order valence-electron chi connectivity index (χ3n) is 6.81. The molecule has 0 unspecified atom stereocenters. The van der Waals surface area contributed by atoms with Gasteiger partial charge in [0.05, 0.1) is 12.1 Å². The van der Waals surface area contributed by atoms with Crippen molar-refractivity contribution in [3.8, 4) is 5.75 Å². The molecule has 3 heterocycles. The predicted octanol–water partition coefficient (Wildman–Crippen LogP) is 3.00. The maximum atomic E-state index is 13.6. The van der Waals surface area contributed by atoms with Gasteiger partial charge in [0.1, 0.15) is 12.2 Å². The number of nitrogens with zero attached hydrogens (tertiary/aromatic N) is 2. The fraction of sp³-hybridized carbons (Fsp3) is 0.458. The van der Waals surface area contributed by atoms with Crippen LogP contribution in [0.4, 0.5) is 0 Å². The van der Waals surface area contributed by atoms with Gasteiger partial charge in [0, 0.05) is 19.3 Å². The number of carbonyl (C=O) groups excluding carboxylic acids is 2. The third-order valence-corrected chi connectivity index (χ3v) is 6.81. The van der Waals surface area contributed by atoms with Gasteiger partial charge in [-0.05, 0) is 37.7 Å². The van der Waals surface area contributed by atoms with Gasteiger partial charge in [-0.25, -0.2) is 4.79 Å². The first-order chi connectivity index (χ1) is 15.0. The van der Waals surface area contributed by atoms with Crippen LogP contribution < -0.4 is 10.2 Å². The number of amides is 1. The van der Waals surface area contributed by atoms with Gasteiger partial charge in [-0.3, -0.25) is 9.59 Å². The van der Waals surface area contributed by atoms with E-state index in [0.717, 1.165) is 37.8 Å². The van der Waals surface area contributed by atoms with Gasteiger partial charge >= 0.3 is 5.97 Å². The Labute approximate surface area is 180 Å². The Morgan fingerprint density at radius 2 is 2.03 bits per heavy atom. The van der Waals surface area contributed by atoms with Gasteiger partial charge in [0.15, 0.2) is 11.4 Å². The van der Waals surface area contributed by atoms with E-state index in [1.807, 2.05) is 35.2 Å². The van der Waals surface area contributed by atoms with Crippen molar-refractivity contribution >= 4 is 11.9 Å². The Morgan fingerprint density at radius 1 is 1.23 bits per heavy atom. The quantitative estimate of drug-likeness (QED) is 0.693. The van der Waals surface area contributed by atoms with Crippen LogP contribution in [0.1, 0.15) is 59.0 Å². The van der Waals surface area contributed by atoms with Gasteiger partial charge in [-0.2, -0.15) is 0 Å². The molecule has 162 valence electrons. The van der Waals surface area contributed by atoms with Crippen LogP contribution in [0.2, 0.25) is 0 Å². The van der Waals surface area contributed by atoms with E-state index in [1.165, 1.54) is 6.20 Å². The SMILES string of the molecule is CCOC(=O)c1cn2c(c(OCc3ccccc3)c1=O)C(=O)N1C[C@H]3CCC[C@@]1(C3)C2. The molecular formula is C24H26N2O5. The lowest BCUT2D eigenvalue weighted by Crippen LogP contribution is -2.55. The minimum Gasteiger partial charge on any atom is -0.483 e. The summed E-state index contributed by atoms with van der Waals surface area (Å²) >= 11 is 0. The molecule has 1 saturated carbocycles. The first-order valence-electron chi connectivity index (χ1n) is 11.0. The molecule has 1 aromatic heterocycles. The van der Waals surface area contributed by atoms with Crippen molar-refractivity contribution in [1.82, 2.24) is 9.47 Å². The second-order valence-corrected chi connectivity index (χ2v) is 8.77. The topological polar surface area (TPSA) is 77.8 Å². The Bertz CT molecular complexity index is 1090. The molecule has 7 nitrogen and oxygen atoms in total. The lowest BCUT2D eigenvalue weighted by atomic mass is 9.79. The number of esters is 1. The lowest BCUT2D eigenvalue weighted by molar-refractivity contribution is 0.0408. The first kappa shape index (κ1) is 19.8. The zero-order valence-corrected chi connectivity index (χ0v) is 17.6. The Morgan fingerprint density at radius 3 is 2.81 bits per heavy atom. The van der Waals surface area contributed by atoms with Gasteiger partial charge < -0.3 is 18.9 Å². The molecule has 1 amide bonds. The summed E-state index contributed by atoms with van der Waals surface area (Å²) in [5.74, 6) is -0.424. The molecule has 7 heteroatoms. The van der Waals surface area contributed by atoms with Gasteiger partial charge in [0.2, 0.25) is 5.43 Å². The standard InChI is InChI=1S/C24H26N2O5/c1-2-30-23(29)18-13-25-15-24-10-6-9-17(11-24)12-26(24)22(28)19(25)21(20(18)27)31-14-16-7-4-3-5-8-16/h3-5,7-8,13,17H,2,6,9-12,14-15H2,1H3/t17-,24+/m0/s1. The van der Waals surface area contributed by atoms with Crippen LogP contribution in [0.25, 0.3) is 0 Å². The van der Waals surface area contributed by atoms with Crippen LogP contribution in [-0.2, 0) is 17.9 Å². The summed E-state index contributed by atoms with van der Waals surface area (Å²) < 4.78 is 12.8. The Kier molecular flexibility index (Phi) is 4.84. The minimum atomic E-state index is -0.687. The summed E-state index contributed by atoms with van der Waals surface area (Å²) in [5, 5.41) is 0. The molecular weight excluding hydrogens is 396 g/mol. The van der Waals surface area contributed by atoms with Crippen LogP contribution in [0, 0.1) is 5.92 Å². The maximum Gasteiger partial charge on any atom is 0.343 e. The smallest absolute Gasteiger partial charge is 0.343 e. The Balaban J connectivity index is 1.61. The molecule has 1 aliphatic carbocycles. The number of hydrogen-bond donors (Lipinski definition) is 0. The second kappa shape index (κ2) is 7.55. The number of aromatic nitrogens is 1. The number of fused-ring (bicyclic) bond motifs is 2. The number of benzene rings is 1. The second-order valence-electron chi connectivity index (χ2n) is 8.77. The van der Waals surface area contributed by atoms with Crippen molar-refractivity contribution in [1.29, 1.82) is 0 Å². The van der Waals surface area contributed by atoms with Crippen molar-refractivity contribution in [2.75, 3.05) is 13.2 Å². The van der Waals surface area contributed by atoms with Crippen LogP contribution >= 0.6 is 0 Å². The number of rotatable bonds is 5. The molecule has 31 heavy (non-hydrogen) atoms. The van der Waals surface area contributed by atoms with E-state index in [9.17, 15) is 14.4 Å². The molecule has 1 saturated heterocycles. The van der Waals surface area contributed by atoms with Crippen LogP contribution in [-0.4, -0.2) is 40.0 Å². The van der Waals surface area contributed by atoms with Gasteiger partial charge in [-0.15, -0.1) is 0 Å².